The Morgan fingerprint density at radius 1 is 0.750 bits per heavy atom. The SMILES string of the molecule is CC.CC.CC.CCC(C)C.[B]. The molecule has 0 rings (SSSR count). The highest BCUT2D eigenvalue weighted by Gasteiger charge is 1.80. The lowest BCUT2D eigenvalue weighted by Crippen LogP contribution is -1.77. The Hall–Kier alpha value is 0.0649. The van der Waals surface area contributed by atoms with Gasteiger partial charge in [0, 0.05) is 8.41 Å². The van der Waals surface area contributed by atoms with Crippen molar-refractivity contribution < 1.29 is 0 Å². The molecule has 0 aliphatic rings. The fourth-order valence-corrected chi connectivity index (χ4v) is 0. The van der Waals surface area contributed by atoms with Crippen LogP contribution in [-0.4, -0.2) is 8.41 Å². The molecule has 0 N–H and O–H groups in total. The van der Waals surface area contributed by atoms with Gasteiger partial charge in [0.05, 0.1) is 0 Å². The van der Waals surface area contributed by atoms with Gasteiger partial charge in [-0.05, 0) is 5.92 Å². The van der Waals surface area contributed by atoms with Crippen LogP contribution >= 0.6 is 0 Å². The first-order valence-corrected chi connectivity index (χ1v) is 5.27. The standard InChI is InChI=1S/C5H12.3C2H6.B/c1-4-5(2)3;3*1-2;/h5H,4H2,1-3H3;3*1-2H3;. The van der Waals surface area contributed by atoms with E-state index in [9.17, 15) is 0 Å². The third kappa shape index (κ3) is 194. The third-order valence-electron chi connectivity index (χ3n) is 0.816. The van der Waals surface area contributed by atoms with Crippen LogP contribution in [0.2, 0.25) is 0 Å². The Bertz CT molecular complexity index is 19.0. The van der Waals surface area contributed by atoms with Crippen molar-refractivity contribution in [3.8, 4) is 0 Å². The molecule has 0 spiro atoms. The van der Waals surface area contributed by atoms with E-state index in [-0.39, 0.29) is 8.41 Å². The van der Waals surface area contributed by atoms with Crippen LogP contribution in [0.15, 0.2) is 0 Å². The highest BCUT2D eigenvalue weighted by atomic mass is 13.9. The summed E-state index contributed by atoms with van der Waals surface area (Å²) in [4.78, 5) is 0. The summed E-state index contributed by atoms with van der Waals surface area (Å²) in [6, 6.07) is 0. The van der Waals surface area contributed by atoms with Gasteiger partial charge in [-0.3, -0.25) is 0 Å². The fourth-order valence-electron chi connectivity index (χ4n) is 0. The molecule has 0 amide bonds. The normalized spacial score (nSPS) is 5.50. The van der Waals surface area contributed by atoms with Crippen molar-refractivity contribution in [3.63, 3.8) is 0 Å². The van der Waals surface area contributed by atoms with Gasteiger partial charge in [0.2, 0.25) is 0 Å². The van der Waals surface area contributed by atoms with Gasteiger partial charge >= 0.3 is 0 Å². The molecule has 0 saturated heterocycles. The highest BCUT2D eigenvalue weighted by Crippen LogP contribution is 1.93. The van der Waals surface area contributed by atoms with E-state index in [0.29, 0.717) is 0 Å². The van der Waals surface area contributed by atoms with Crippen molar-refractivity contribution in [2.24, 2.45) is 5.92 Å². The minimum Gasteiger partial charge on any atom is -0.0683 e. The van der Waals surface area contributed by atoms with Crippen molar-refractivity contribution >= 4 is 8.41 Å². The lowest BCUT2D eigenvalue weighted by atomic mass is 10.2. The predicted molar refractivity (Wildman–Crippen MR) is 64.9 cm³/mol. The monoisotopic (exact) mass is 173 g/mol. The molecule has 0 bridgehead atoms. The van der Waals surface area contributed by atoms with Crippen molar-refractivity contribution in [1.29, 1.82) is 0 Å². The van der Waals surface area contributed by atoms with Crippen LogP contribution < -0.4 is 0 Å². The fraction of sp³-hybridized carbons (Fsp3) is 1.00. The molecule has 0 fully saturated rings. The molecule has 0 aromatic heterocycles. The average Bonchev–Trinajstić information content (AvgIpc) is 2.15. The lowest BCUT2D eigenvalue weighted by molar-refractivity contribution is 0.626. The second kappa shape index (κ2) is 67.8. The largest absolute Gasteiger partial charge is 0.0683 e. The summed E-state index contributed by atoms with van der Waals surface area (Å²) in [7, 11) is 0. The van der Waals surface area contributed by atoms with E-state index in [1.54, 1.807) is 0 Å². The molecule has 0 unspecified atom stereocenters. The van der Waals surface area contributed by atoms with Gasteiger partial charge in [-0.1, -0.05) is 68.7 Å². The summed E-state index contributed by atoms with van der Waals surface area (Å²) in [6.07, 6.45) is 1.31. The molecule has 0 heterocycles. The van der Waals surface area contributed by atoms with Gasteiger partial charge in [-0.15, -0.1) is 0 Å². The van der Waals surface area contributed by atoms with E-state index in [4.69, 9.17) is 0 Å². The molecule has 0 saturated carbocycles. The molecule has 0 aliphatic heterocycles. The molecular weight excluding hydrogens is 143 g/mol. The molecule has 0 aromatic rings. The van der Waals surface area contributed by atoms with Crippen LogP contribution in [-0.2, 0) is 0 Å². The second-order valence-electron chi connectivity index (χ2n) is 1.80. The van der Waals surface area contributed by atoms with Gasteiger partial charge in [0.1, 0.15) is 0 Å². The van der Waals surface area contributed by atoms with Gasteiger partial charge < -0.3 is 0 Å². The summed E-state index contributed by atoms with van der Waals surface area (Å²) >= 11 is 0. The van der Waals surface area contributed by atoms with Gasteiger partial charge in [-0.2, -0.15) is 0 Å². The molecule has 0 aromatic carbocycles. The van der Waals surface area contributed by atoms with Crippen LogP contribution in [0.5, 0.6) is 0 Å². The lowest BCUT2D eigenvalue weighted by Gasteiger charge is -1.90. The summed E-state index contributed by atoms with van der Waals surface area (Å²) < 4.78 is 0. The molecular formula is C11H30B. The number of hydrogen-bond acceptors (Lipinski definition) is 0. The van der Waals surface area contributed by atoms with E-state index >= 15 is 0 Å². The van der Waals surface area contributed by atoms with Gasteiger partial charge in [-0.25, -0.2) is 0 Å². The number of hydrogen-bond donors (Lipinski definition) is 0. The number of rotatable bonds is 1. The first-order chi connectivity index (χ1) is 5.27. The van der Waals surface area contributed by atoms with Crippen LogP contribution in [0, 0.1) is 5.92 Å². The second-order valence-corrected chi connectivity index (χ2v) is 1.80. The van der Waals surface area contributed by atoms with Gasteiger partial charge in [0.15, 0.2) is 0 Å². The Balaban J connectivity index is -0.0000000203. The summed E-state index contributed by atoms with van der Waals surface area (Å²) in [5.41, 5.74) is 0. The van der Waals surface area contributed by atoms with E-state index in [1.807, 2.05) is 41.5 Å². The molecule has 77 valence electrons. The minimum atomic E-state index is 0. The van der Waals surface area contributed by atoms with E-state index in [1.165, 1.54) is 6.42 Å². The van der Waals surface area contributed by atoms with E-state index < -0.39 is 0 Å². The van der Waals surface area contributed by atoms with Crippen molar-refractivity contribution in [3.05, 3.63) is 0 Å². The minimum absolute atomic E-state index is 0. The Kier molecular flexibility index (Phi) is 167. The van der Waals surface area contributed by atoms with Crippen LogP contribution in [0.1, 0.15) is 68.7 Å². The zero-order valence-corrected chi connectivity index (χ0v) is 10.9. The zero-order valence-electron chi connectivity index (χ0n) is 10.9. The molecule has 12 heavy (non-hydrogen) atoms. The first kappa shape index (κ1) is 29.6. The highest BCUT2D eigenvalue weighted by molar-refractivity contribution is 5.75. The van der Waals surface area contributed by atoms with Crippen molar-refractivity contribution in [2.75, 3.05) is 0 Å². The molecule has 0 aliphatic carbocycles. The first-order valence-electron chi connectivity index (χ1n) is 5.27. The van der Waals surface area contributed by atoms with Crippen LogP contribution in [0.25, 0.3) is 0 Å². The molecule has 0 nitrogen and oxygen atoms in total. The van der Waals surface area contributed by atoms with Crippen LogP contribution in [0.3, 0.4) is 0 Å². The van der Waals surface area contributed by atoms with E-state index in [0.717, 1.165) is 5.92 Å². The summed E-state index contributed by atoms with van der Waals surface area (Å²) in [5, 5.41) is 0. The predicted octanol–water partition coefficient (Wildman–Crippen LogP) is 4.75. The maximum atomic E-state index is 2.22. The zero-order chi connectivity index (χ0) is 10.3. The molecule has 3 radical (unpaired) electrons. The average molecular weight is 173 g/mol. The molecule has 1 heteroatoms. The Morgan fingerprint density at radius 3 is 0.833 bits per heavy atom. The maximum Gasteiger partial charge on any atom is 0 e. The van der Waals surface area contributed by atoms with Gasteiger partial charge in [0.25, 0.3) is 0 Å². The van der Waals surface area contributed by atoms with Crippen molar-refractivity contribution in [1.82, 2.24) is 0 Å². The van der Waals surface area contributed by atoms with E-state index in [2.05, 4.69) is 20.8 Å². The van der Waals surface area contributed by atoms with Crippen molar-refractivity contribution in [2.45, 2.75) is 68.7 Å². The maximum absolute atomic E-state index is 2.22. The Labute approximate surface area is 83.7 Å². The molecule has 0 atom stereocenters. The Morgan fingerprint density at radius 2 is 0.833 bits per heavy atom. The topological polar surface area (TPSA) is 0 Å². The smallest absolute Gasteiger partial charge is 0 e. The summed E-state index contributed by atoms with van der Waals surface area (Å²) in [5.74, 6) is 0.884. The quantitative estimate of drug-likeness (QED) is 0.502. The summed E-state index contributed by atoms with van der Waals surface area (Å²) in [6.45, 7) is 18.6. The third-order valence-corrected chi connectivity index (χ3v) is 0.816. The van der Waals surface area contributed by atoms with Crippen LogP contribution in [0.4, 0.5) is 0 Å².